The van der Waals surface area contributed by atoms with Gasteiger partial charge in [-0.25, -0.2) is 0 Å². The molecule has 0 spiro atoms. The molecule has 1 aliphatic carbocycles. The van der Waals surface area contributed by atoms with Gasteiger partial charge in [-0.3, -0.25) is 0 Å². The third kappa shape index (κ3) is 4.95. The summed E-state index contributed by atoms with van der Waals surface area (Å²) in [6, 6.07) is 0. The van der Waals surface area contributed by atoms with E-state index in [4.69, 9.17) is 5.41 Å². The molecule has 0 saturated heterocycles. The smallest absolute Gasteiger partial charge is 0.0177 e. The predicted molar refractivity (Wildman–Crippen MR) is 70.9 cm³/mol. The van der Waals surface area contributed by atoms with E-state index in [1.165, 1.54) is 38.3 Å². The van der Waals surface area contributed by atoms with Gasteiger partial charge in [0.15, 0.2) is 0 Å². The summed E-state index contributed by atoms with van der Waals surface area (Å²) < 4.78 is 0. The van der Waals surface area contributed by atoms with E-state index in [0.717, 1.165) is 17.9 Å². The van der Waals surface area contributed by atoms with Gasteiger partial charge < -0.3 is 5.41 Å². The van der Waals surface area contributed by atoms with Gasteiger partial charge >= 0.3 is 0 Å². The Morgan fingerprint density at radius 2 is 2.25 bits per heavy atom. The van der Waals surface area contributed by atoms with Crippen molar-refractivity contribution in [2.45, 2.75) is 38.5 Å². The molecule has 1 heteroatoms. The molecular formula is C15H21N. The van der Waals surface area contributed by atoms with Crippen LogP contribution in [0.15, 0.2) is 42.2 Å². The molecule has 16 heavy (non-hydrogen) atoms. The summed E-state index contributed by atoms with van der Waals surface area (Å²) in [5.74, 6) is 1.00. The van der Waals surface area contributed by atoms with Gasteiger partial charge in [-0.1, -0.05) is 44.4 Å². The Kier molecular flexibility index (Phi) is 6.29. The zero-order chi connectivity index (χ0) is 11.6. The Morgan fingerprint density at radius 3 is 2.81 bits per heavy atom. The first-order valence-corrected chi connectivity index (χ1v) is 6.10. The van der Waals surface area contributed by atoms with E-state index >= 15 is 0 Å². The number of nitrogens with one attached hydrogen (secondary N) is 1. The Morgan fingerprint density at radius 1 is 1.44 bits per heavy atom. The Labute approximate surface area is 98.8 Å². The Bertz CT molecular complexity index is 312. The van der Waals surface area contributed by atoms with Crippen molar-refractivity contribution >= 4 is 6.21 Å². The maximum absolute atomic E-state index is 6.94. The van der Waals surface area contributed by atoms with Crippen LogP contribution in [0.4, 0.5) is 0 Å². The second-order valence-electron chi connectivity index (χ2n) is 4.31. The second kappa shape index (κ2) is 7.90. The lowest BCUT2D eigenvalue weighted by molar-refractivity contribution is 0.290. The summed E-state index contributed by atoms with van der Waals surface area (Å²) in [5, 5.41) is 6.94. The van der Waals surface area contributed by atoms with Crippen molar-refractivity contribution in [3.8, 4) is 0 Å². The van der Waals surface area contributed by atoms with E-state index in [1.807, 2.05) is 12.2 Å². The predicted octanol–water partition coefficient (Wildman–Crippen LogP) is 4.43. The molecule has 0 heterocycles. The fraction of sp³-hybridized carbons (Fsp3) is 0.467. The minimum atomic E-state index is 1.00. The maximum atomic E-state index is 6.94. The largest absolute Gasteiger partial charge is 0.309 e. The molecule has 86 valence electrons. The molecular weight excluding hydrogens is 194 g/mol. The number of allylic oxidation sites excluding steroid dienone is 5. The molecule has 0 amide bonds. The second-order valence-corrected chi connectivity index (χ2v) is 4.31. The highest BCUT2D eigenvalue weighted by Gasteiger charge is 2.15. The summed E-state index contributed by atoms with van der Waals surface area (Å²) in [6.45, 7) is 3.58. The molecule has 0 atom stereocenters. The molecule has 1 saturated carbocycles. The normalized spacial score (nSPS) is 16.9. The van der Waals surface area contributed by atoms with Crippen LogP contribution >= 0.6 is 0 Å². The topological polar surface area (TPSA) is 23.9 Å². The first kappa shape index (κ1) is 12.7. The molecule has 1 rings (SSSR count). The van der Waals surface area contributed by atoms with Gasteiger partial charge in [-0.15, -0.1) is 5.73 Å². The number of rotatable bonds is 7. The van der Waals surface area contributed by atoms with Crippen molar-refractivity contribution in [2.75, 3.05) is 0 Å². The van der Waals surface area contributed by atoms with Gasteiger partial charge in [0, 0.05) is 6.21 Å². The molecule has 0 bridgehead atoms. The molecule has 0 aromatic rings. The van der Waals surface area contributed by atoms with E-state index in [9.17, 15) is 0 Å². The van der Waals surface area contributed by atoms with Crippen molar-refractivity contribution in [3.05, 3.63) is 42.2 Å². The van der Waals surface area contributed by atoms with E-state index in [2.05, 4.69) is 18.4 Å². The SMILES string of the molecule is C=C=CC(/C=C\C=N)=C\CCCC1CCC1. The molecule has 0 unspecified atom stereocenters. The quantitative estimate of drug-likeness (QED) is 0.281. The Hall–Kier alpha value is -1.33. The highest BCUT2D eigenvalue weighted by atomic mass is 14.3. The van der Waals surface area contributed by atoms with E-state index in [0.29, 0.717) is 0 Å². The van der Waals surface area contributed by atoms with Gasteiger partial charge in [0.25, 0.3) is 0 Å². The fourth-order valence-electron chi connectivity index (χ4n) is 1.91. The maximum Gasteiger partial charge on any atom is 0.0177 e. The van der Waals surface area contributed by atoms with Crippen LogP contribution in [-0.2, 0) is 0 Å². The molecule has 0 radical (unpaired) electrons. The van der Waals surface area contributed by atoms with Crippen molar-refractivity contribution in [1.29, 1.82) is 5.41 Å². The summed E-state index contributed by atoms with van der Waals surface area (Å²) in [5.41, 5.74) is 3.88. The Balaban J connectivity index is 2.28. The minimum absolute atomic E-state index is 1.00. The van der Waals surface area contributed by atoms with Crippen LogP contribution in [0.25, 0.3) is 0 Å². The first-order valence-electron chi connectivity index (χ1n) is 6.10. The number of unbranched alkanes of at least 4 members (excludes halogenated alkanes) is 1. The van der Waals surface area contributed by atoms with E-state index in [-0.39, 0.29) is 0 Å². The molecule has 0 aromatic carbocycles. The van der Waals surface area contributed by atoms with Crippen LogP contribution in [0.2, 0.25) is 0 Å². The van der Waals surface area contributed by atoms with E-state index < -0.39 is 0 Å². The van der Waals surface area contributed by atoms with Crippen molar-refractivity contribution in [2.24, 2.45) is 5.92 Å². The monoisotopic (exact) mass is 215 g/mol. The average molecular weight is 215 g/mol. The molecule has 0 aliphatic heterocycles. The zero-order valence-electron chi connectivity index (χ0n) is 9.91. The van der Waals surface area contributed by atoms with Gasteiger partial charge in [-0.2, -0.15) is 0 Å². The lowest BCUT2D eigenvalue weighted by atomic mass is 9.82. The summed E-state index contributed by atoms with van der Waals surface area (Å²) in [4.78, 5) is 0. The molecule has 0 aromatic heterocycles. The first-order chi connectivity index (χ1) is 7.86. The third-order valence-corrected chi connectivity index (χ3v) is 3.07. The van der Waals surface area contributed by atoms with Gasteiger partial charge in [-0.05, 0) is 36.5 Å². The van der Waals surface area contributed by atoms with Crippen LogP contribution in [0.3, 0.4) is 0 Å². The standard InChI is InChI=1S/C15H21N/c1-2-7-14(12-6-13-16)8-3-4-9-15-10-5-11-15/h6-8,12-13,15-16H,1,3-5,9-11H2/b12-6-,14-8+,16-13?. The summed E-state index contributed by atoms with van der Waals surface area (Å²) in [7, 11) is 0. The van der Waals surface area contributed by atoms with Gasteiger partial charge in [0.1, 0.15) is 0 Å². The fourth-order valence-corrected chi connectivity index (χ4v) is 1.91. The molecule has 1 N–H and O–H groups in total. The minimum Gasteiger partial charge on any atom is -0.309 e. The molecule has 1 aliphatic rings. The van der Waals surface area contributed by atoms with Gasteiger partial charge in [0.05, 0.1) is 0 Å². The van der Waals surface area contributed by atoms with Crippen LogP contribution in [0.5, 0.6) is 0 Å². The van der Waals surface area contributed by atoms with Crippen molar-refractivity contribution < 1.29 is 0 Å². The lowest BCUT2D eigenvalue weighted by Gasteiger charge is -2.24. The number of hydrogen-bond donors (Lipinski definition) is 1. The van der Waals surface area contributed by atoms with Crippen molar-refractivity contribution in [1.82, 2.24) is 0 Å². The van der Waals surface area contributed by atoms with Crippen LogP contribution < -0.4 is 0 Å². The van der Waals surface area contributed by atoms with Crippen molar-refractivity contribution in [3.63, 3.8) is 0 Å². The average Bonchev–Trinajstić information content (AvgIpc) is 2.23. The highest BCUT2D eigenvalue weighted by Crippen LogP contribution is 2.30. The van der Waals surface area contributed by atoms with Crippen LogP contribution in [-0.4, -0.2) is 6.21 Å². The zero-order valence-corrected chi connectivity index (χ0v) is 9.91. The third-order valence-electron chi connectivity index (χ3n) is 3.07. The molecule has 1 nitrogen and oxygen atoms in total. The van der Waals surface area contributed by atoms with Crippen LogP contribution in [0, 0.1) is 11.3 Å². The molecule has 1 fully saturated rings. The summed E-state index contributed by atoms with van der Waals surface area (Å²) >= 11 is 0. The summed E-state index contributed by atoms with van der Waals surface area (Å²) in [6.07, 6.45) is 17.1. The lowest BCUT2D eigenvalue weighted by Crippen LogP contribution is -2.09. The number of hydrogen-bond acceptors (Lipinski definition) is 1. The van der Waals surface area contributed by atoms with E-state index in [1.54, 1.807) is 6.08 Å². The van der Waals surface area contributed by atoms with Gasteiger partial charge in [0.2, 0.25) is 0 Å². The van der Waals surface area contributed by atoms with Crippen LogP contribution in [0.1, 0.15) is 38.5 Å². The highest BCUT2D eigenvalue weighted by molar-refractivity contribution is 5.68.